The summed E-state index contributed by atoms with van der Waals surface area (Å²) in [4.78, 5) is 38.0. The second-order valence-electron chi connectivity index (χ2n) is 9.84. The van der Waals surface area contributed by atoms with Crippen LogP contribution in [0.25, 0.3) is 11.1 Å². The Morgan fingerprint density at radius 3 is 2.61 bits per heavy atom. The minimum Gasteiger partial charge on any atom is -0.493 e. The molecule has 1 aliphatic rings. The van der Waals surface area contributed by atoms with E-state index < -0.39 is 5.82 Å². The molecular formula is C32H31FN4O4. The molecule has 2 bridgehead atoms. The van der Waals surface area contributed by atoms with Gasteiger partial charge in [-0.3, -0.25) is 9.59 Å². The summed E-state index contributed by atoms with van der Waals surface area (Å²) in [6.07, 6.45) is 5.67. The van der Waals surface area contributed by atoms with Crippen LogP contribution in [0.5, 0.6) is 11.5 Å². The quantitative estimate of drug-likeness (QED) is 0.358. The molecule has 2 amide bonds. The fourth-order valence-electron chi connectivity index (χ4n) is 4.71. The highest BCUT2D eigenvalue weighted by atomic mass is 19.1. The van der Waals surface area contributed by atoms with E-state index in [4.69, 9.17) is 9.47 Å². The van der Waals surface area contributed by atoms with Crippen LogP contribution >= 0.6 is 0 Å². The van der Waals surface area contributed by atoms with Crippen LogP contribution in [0.15, 0.2) is 85.5 Å². The zero-order chi connectivity index (χ0) is 28.6. The maximum atomic E-state index is 13.5. The maximum Gasteiger partial charge on any atom is 0.253 e. The molecule has 210 valence electrons. The van der Waals surface area contributed by atoms with Gasteiger partial charge in [0.05, 0.1) is 19.6 Å². The Bertz CT molecular complexity index is 1510. The molecule has 0 saturated carbocycles. The number of aromatic nitrogens is 2. The van der Waals surface area contributed by atoms with Crippen molar-refractivity contribution in [1.29, 1.82) is 0 Å². The fraction of sp³-hybridized carbons (Fsp3) is 0.250. The first kappa shape index (κ1) is 27.8. The van der Waals surface area contributed by atoms with Gasteiger partial charge in [-0.25, -0.2) is 14.4 Å². The molecule has 0 atom stereocenters. The van der Waals surface area contributed by atoms with Gasteiger partial charge in [0.2, 0.25) is 5.91 Å². The van der Waals surface area contributed by atoms with Crippen molar-refractivity contribution >= 4 is 11.8 Å². The molecule has 0 spiro atoms. The van der Waals surface area contributed by atoms with Gasteiger partial charge in [-0.05, 0) is 53.1 Å². The first-order valence-corrected chi connectivity index (χ1v) is 13.5. The normalized spacial score (nSPS) is 14.0. The fourth-order valence-corrected chi connectivity index (χ4v) is 4.71. The molecule has 1 aromatic heterocycles. The van der Waals surface area contributed by atoms with Crippen molar-refractivity contribution in [2.24, 2.45) is 0 Å². The van der Waals surface area contributed by atoms with Crippen LogP contribution in [-0.4, -0.2) is 71.5 Å². The Balaban J connectivity index is 1.36. The molecule has 0 unspecified atom stereocenters. The van der Waals surface area contributed by atoms with Crippen LogP contribution < -0.4 is 9.47 Å². The Morgan fingerprint density at radius 1 is 0.951 bits per heavy atom. The van der Waals surface area contributed by atoms with Crippen molar-refractivity contribution in [3.8, 4) is 22.6 Å². The number of amides is 2. The summed E-state index contributed by atoms with van der Waals surface area (Å²) in [5, 5.41) is 0. The molecule has 0 N–H and O–H groups in total. The third-order valence-corrected chi connectivity index (χ3v) is 6.93. The molecule has 9 heteroatoms. The third kappa shape index (κ3) is 7.25. The molecule has 41 heavy (non-hydrogen) atoms. The number of ether oxygens (including phenoxy) is 2. The Hall–Kier alpha value is -4.79. The van der Waals surface area contributed by atoms with Gasteiger partial charge < -0.3 is 19.3 Å². The molecule has 0 saturated heterocycles. The van der Waals surface area contributed by atoms with Gasteiger partial charge in [0.25, 0.3) is 5.91 Å². The summed E-state index contributed by atoms with van der Waals surface area (Å²) < 4.78 is 25.3. The average Bonchev–Trinajstić information content (AvgIpc) is 2.99. The van der Waals surface area contributed by atoms with Gasteiger partial charge >= 0.3 is 0 Å². The van der Waals surface area contributed by atoms with Crippen LogP contribution in [0, 0.1) is 5.82 Å². The zero-order valence-corrected chi connectivity index (χ0v) is 22.8. The molecule has 0 aliphatic carbocycles. The molecule has 0 radical (unpaired) electrons. The van der Waals surface area contributed by atoms with E-state index in [-0.39, 0.29) is 31.4 Å². The first-order chi connectivity index (χ1) is 20.0. The molecular weight excluding hydrogens is 523 g/mol. The van der Waals surface area contributed by atoms with E-state index in [0.717, 1.165) is 22.3 Å². The minimum atomic E-state index is -0.400. The van der Waals surface area contributed by atoms with Crippen molar-refractivity contribution in [3.05, 3.63) is 108 Å². The van der Waals surface area contributed by atoms with E-state index in [1.807, 2.05) is 36.4 Å². The number of rotatable bonds is 5. The number of nitrogens with zero attached hydrogens (tertiary/aromatic N) is 4. The second-order valence-corrected chi connectivity index (χ2v) is 9.84. The lowest BCUT2D eigenvalue weighted by atomic mass is 9.98. The van der Waals surface area contributed by atoms with Gasteiger partial charge in [-0.1, -0.05) is 24.3 Å². The monoisotopic (exact) mass is 554 g/mol. The van der Waals surface area contributed by atoms with Crippen LogP contribution in [-0.2, 0) is 11.2 Å². The minimum absolute atomic E-state index is 0.106. The van der Waals surface area contributed by atoms with E-state index >= 15 is 0 Å². The summed E-state index contributed by atoms with van der Waals surface area (Å²) in [6.45, 7) is 1.41. The Morgan fingerprint density at radius 2 is 1.78 bits per heavy atom. The lowest BCUT2D eigenvalue weighted by Gasteiger charge is -2.27. The van der Waals surface area contributed by atoms with Gasteiger partial charge in [-0.2, -0.15) is 0 Å². The zero-order valence-electron chi connectivity index (χ0n) is 22.8. The summed E-state index contributed by atoms with van der Waals surface area (Å²) >= 11 is 0. The number of fused-ring (bicyclic) bond motifs is 3. The largest absolute Gasteiger partial charge is 0.493 e. The predicted molar refractivity (Wildman–Crippen MR) is 152 cm³/mol. The van der Waals surface area contributed by atoms with E-state index in [1.165, 1.54) is 18.5 Å². The molecule has 2 heterocycles. The highest BCUT2D eigenvalue weighted by Gasteiger charge is 2.19. The van der Waals surface area contributed by atoms with Crippen LogP contribution in [0.3, 0.4) is 0 Å². The van der Waals surface area contributed by atoms with E-state index in [9.17, 15) is 14.0 Å². The molecule has 3 aromatic carbocycles. The van der Waals surface area contributed by atoms with Crippen molar-refractivity contribution in [2.45, 2.75) is 12.8 Å². The second kappa shape index (κ2) is 13.0. The van der Waals surface area contributed by atoms with Crippen molar-refractivity contribution < 1.29 is 23.5 Å². The Labute approximate surface area is 238 Å². The predicted octanol–water partition coefficient (Wildman–Crippen LogP) is 4.64. The van der Waals surface area contributed by atoms with Crippen LogP contribution in [0.2, 0.25) is 0 Å². The third-order valence-electron chi connectivity index (χ3n) is 6.93. The van der Waals surface area contributed by atoms with E-state index in [0.29, 0.717) is 43.1 Å². The smallest absolute Gasteiger partial charge is 0.253 e. The van der Waals surface area contributed by atoms with Gasteiger partial charge in [-0.15, -0.1) is 0 Å². The summed E-state index contributed by atoms with van der Waals surface area (Å²) in [5.41, 5.74) is 4.36. The summed E-state index contributed by atoms with van der Waals surface area (Å²) in [5.74, 6) is 0.423. The number of hydrogen-bond donors (Lipinski definition) is 0. The van der Waals surface area contributed by atoms with Crippen molar-refractivity contribution in [1.82, 2.24) is 19.8 Å². The molecule has 1 aliphatic heterocycles. The number of halogens is 1. The lowest BCUT2D eigenvalue weighted by molar-refractivity contribution is -0.132. The first-order valence-electron chi connectivity index (χ1n) is 13.5. The number of carbonyl (C=O) groups excluding carboxylic acids is 2. The van der Waals surface area contributed by atoms with Crippen molar-refractivity contribution in [2.75, 3.05) is 39.9 Å². The maximum absolute atomic E-state index is 13.5. The van der Waals surface area contributed by atoms with Crippen molar-refractivity contribution in [3.63, 3.8) is 0 Å². The molecule has 5 rings (SSSR count). The van der Waals surface area contributed by atoms with Crippen LogP contribution in [0.4, 0.5) is 4.39 Å². The van der Waals surface area contributed by atoms with Gasteiger partial charge in [0, 0.05) is 56.1 Å². The lowest BCUT2D eigenvalue weighted by Crippen LogP contribution is -2.41. The van der Waals surface area contributed by atoms with E-state index in [2.05, 4.69) is 9.97 Å². The topological polar surface area (TPSA) is 84.9 Å². The molecule has 8 nitrogen and oxygen atoms in total. The number of carbonyl (C=O) groups is 2. The SMILES string of the molecule is CN1CCN(C(=O)CCOc2cccc(F)c2)CCOc2ccc(-c3cncnc3)cc2Cc2cccc(c2)C1=O. The van der Waals surface area contributed by atoms with Gasteiger partial charge in [0.1, 0.15) is 30.3 Å². The standard InChI is InChI=1S/C32H31FN4O4/c1-36-11-12-37(31(38)10-14-40-29-7-3-6-28(33)19-29)13-15-41-30-9-8-24(27-20-34-22-35-21-27)18-26(30)17-23-4-2-5-25(16-23)32(36)39/h2-9,16,18-22H,10-15,17H2,1H3. The number of hydrogen-bond acceptors (Lipinski definition) is 6. The number of likely N-dealkylation sites (N-methyl/N-ethyl adjacent to an activating group) is 1. The van der Waals surface area contributed by atoms with E-state index in [1.54, 1.807) is 47.4 Å². The molecule has 0 fully saturated rings. The Kier molecular flexibility index (Phi) is 8.83. The highest BCUT2D eigenvalue weighted by Crippen LogP contribution is 2.29. The van der Waals surface area contributed by atoms with Crippen LogP contribution in [0.1, 0.15) is 27.9 Å². The summed E-state index contributed by atoms with van der Waals surface area (Å²) in [7, 11) is 1.73. The average molecular weight is 555 g/mol. The summed E-state index contributed by atoms with van der Waals surface area (Å²) in [6, 6.07) is 19.3. The number of benzene rings is 3. The molecule has 4 aromatic rings. The highest BCUT2D eigenvalue weighted by molar-refractivity contribution is 5.94. The van der Waals surface area contributed by atoms with Gasteiger partial charge in [0.15, 0.2) is 0 Å².